The molecule has 0 aromatic heterocycles. The van der Waals surface area contributed by atoms with Crippen LogP contribution in [0.15, 0.2) is 48.2 Å². The highest BCUT2D eigenvalue weighted by molar-refractivity contribution is 5.91. The summed E-state index contributed by atoms with van der Waals surface area (Å²) in [5.41, 5.74) is 1.29. The van der Waals surface area contributed by atoms with E-state index in [9.17, 15) is 9.59 Å². The number of carbonyl (C=O) groups excluding carboxylic acids is 2. The average Bonchev–Trinajstić information content (AvgIpc) is 2.81. The highest BCUT2D eigenvalue weighted by Gasteiger charge is 2.19. The molecule has 0 aliphatic carbocycles. The number of rotatable bonds is 3. The summed E-state index contributed by atoms with van der Waals surface area (Å²) in [4.78, 5) is 22.4. The van der Waals surface area contributed by atoms with Crippen LogP contribution in [0.4, 0.5) is 0 Å². The first kappa shape index (κ1) is 12.1. The summed E-state index contributed by atoms with van der Waals surface area (Å²) >= 11 is 0. The monoisotopic (exact) mass is 244 g/mol. The summed E-state index contributed by atoms with van der Waals surface area (Å²) in [5.74, 6) is -0.944. The molecule has 0 saturated carbocycles. The lowest BCUT2D eigenvalue weighted by Crippen LogP contribution is -1.99. The predicted molar refractivity (Wildman–Crippen MR) is 65.2 cm³/mol. The SMILES string of the molecule is O=C(/C=C/c1ccccc1)O/C=C1/CCOC1=O. The summed E-state index contributed by atoms with van der Waals surface area (Å²) in [6.45, 7) is 0.349. The van der Waals surface area contributed by atoms with Crippen LogP contribution in [-0.4, -0.2) is 18.5 Å². The minimum atomic E-state index is -0.522. The van der Waals surface area contributed by atoms with Gasteiger partial charge in [-0.1, -0.05) is 30.3 Å². The largest absolute Gasteiger partial charge is 0.462 e. The molecular weight excluding hydrogens is 232 g/mol. The van der Waals surface area contributed by atoms with Gasteiger partial charge in [0.25, 0.3) is 0 Å². The van der Waals surface area contributed by atoms with Gasteiger partial charge in [-0.2, -0.15) is 0 Å². The first-order chi connectivity index (χ1) is 8.75. The summed E-state index contributed by atoms with van der Waals surface area (Å²) < 4.78 is 9.54. The van der Waals surface area contributed by atoms with Crippen molar-refractivity contribution in [1.29, 1.82) is 0 Å². The molecule has 0 radical (unpaired) electrons. The normalized spacial score (nSPS) is 17.1. The molecule has 1 aliphatic rings. The van der Waals surface area contributed by atoms with Crippen molar-refractivity contribution in [2.45, 2.75) is 6.42 Å². The van der Waals surface area contributed by atoms with Gasteiger partial charge in [-0.15, -0.1) is 0 Å². The topological polar surface area (TPSA) is 52.6 Å². The van der Waals surface area contributed by atoms with Gasteiger partial charge in [-0.25, -0.2) is 9.59 Å². The van der Waals surface area contributed by atoms with E-state index in [0.717, 1.165) is 11.8 Å². The molecular formula is C14H12O4. The van der Waals surface area contributed by atoms with Crippen LogP contribution in [-0.2, 0) is 19.1 Å². The Kier molecular flexibility index (Phi) is 3.91. The van der Waals surface area contributed by atoms with Crippen molar-refractivity contribution in [2.75, 3.05) is 6.61 Å². The van der Waals surface area contributed by atoms with Gasteiger partial charge in [0.05, 0.1) is 12.2 Å². The second-order valence-corrected chi connectivity index (χ2v) is 3.71. The molecule has 2 rings (SSSR count). The van der Waals surface area contributed by atoms with E-state index in [1.54, 1.807) is 6.08 Å². The molecule has 0 amide bonds. The first-order valence-electron chi connectivity index (χ1n) is 5.55. The maximum absolute atomic E-state index is 11.4. The van der Waals surface area contributed by atoms with E-state index in [4.69, 9.17) is 9.47 Å². The van der Waals surface area contributed by atoms with Crippen molar-refractivity contribution in [3.05, 3.63) is 53.8 Å². The Morgan fingerprint density at radius 2 is 2.06 bits per heavy atom. The summed E-state index contributed by atoms with van der Waals surface area (Å²) in [5, 5.41) is 0. The quantitative estimate of drug-likeness (QED) is 0.464. The smallest absolute Gasteiger partial charge is 0.337 e. The molecule has 4 nitrogen and oxygen atoms in total. The molecule has 1 fully saturated rings. The summed E-state index contributed by atoms with van der Waals surface area (Å²) in [6, 6.07) is 9.39. The van der Waals surface area contributed by atoms with Gasteiger partial charge >= 0.3 is 11.9 Å². The zero-order chi connectivity index (χ0) is 12.8. The maximum atomic E-state index is 11.4. The standard InChI is InChI=1S/C14H12O4/c15-13(7-6-11-4-2-1-3-5-11)18-10-12-8-9-17-14(12)16/h1-7,10H,8-9H2/b7-6+,12-10-. The van der Waals surface area contributed by atoms with Gasteiger partial charge in [0.1, 0.15) is 6.26 Å². The van der Waals surface area contributed by atoms with E-state index in [-0.39, 0.29) is 0 Å². The highest BCUT2D eigenvalue weighted by Crippen LogP contribution is 2.12. The minimum Gasteiger partial charge on any atom is -0.462 e. The number of esters is 2. The molecule has 0 unspecified atom stereocenters. The van der Waals surface area contributed by atoms with E-state index in [1.807, 2.05) is 30.3 Å². The lowest BCUT2D eigenvalue weighted by molar-refractivity contribution is -0.135. The Bertz CT molecular complexity index is 500. The fraction of sp³-hybridized carbons (Fsp3) is 0.143. The van der Waals surface area contributed by atoms with Crippen molar-refractivity contribution in [3.8, 4) is 0 Å². The van der Waals surface area contributed by atoms with Crippen LogP contribution in [0.5, 0.6) is 0 Å². The molecule has 1 aromatic carbocycles. The zero-order valence-electron chi connectivity index (χ0n) is 9.67. The van der Waals surface area contributed by atoms with Crippen LogP contribution >= 0.6 is 0 Å². The Morgan fingerprint density at radius 1 is 1.28 bits per heavy atom. The summed E-state index contributed by atoms with van der Waals surface area (Å²) in [7, 11) is 0. The van der Waals surface area contributed by atoms with Crippen molar-refractivity contribution < 1.29 is 19.1 Å². The summed E-state index contributed by atoms with van der Waals surface area (Å²) in [6.07, 6.45) is 4.60. The van der Waals surface area contributed by atoms with Crippen molar-refractivity contribution >= 4 is 18.0 Å². The molecule has 1 aliphatic heterocycles. The number of hydrogen-bond acceptors (Lipinski definition) is 4. The van der Waals surface area contributed by atoms with Gasteiger partial charge in [-0.3, -0.25) is 0 Å². The second-order valence-electron chi connectivity index (χ2n) is 3.71. The van der Waals surface area contributed by atoms with Crippen molar-refractivity contribution in [2.24, 2.45) is 0 Å². The molecule has 0 N–H and O–H groups in total. The third kappa shape index (κ3) is 3.31. The highest BCUT2D eigenvalue weighted by atomic mass is 16.5. The third-order valence-electron chi connectivity index (χ3n) is 2.40. The fourth-order valence-electron chi connectivity index (χ4n) is 1.45. The average molecular weight is 244 g/mol. The van der Waals surface area contributed by atoms with Gasteiger partial charge in [0.15, 0.2) is 0 Å². The van der Waals surface area contributed by atoms with E-state index in [0.29, 0.717) is 18.6 Å². The van der Waals surface area contributed by atoms with E-state index >= 15 is 0 Å². The number of carbonyl (C=O) groups is 2. The van der Waals surface area contributed by atoms with Crippen LogP contribution in [0.2, 0.25) is 0 Å². The van der Waals surface area contributed by atoms with Gasteiger partial charge < -0.3 is 9.47 Å². The van der Waals surface area contributed by atoms with Crippen molar-refractivity contribution in [3.63, 3.8) is 0 Å². The molecule has 1 saturated heterocycles. The minimum absolute atomic E-state index is 0.349. The number of cyclic esters (lactones) is 1. The first-order valence-corrected chi connectivity index (χ1v) is 5.55. The molecule has 0 bridgehead atoms. The van der Waals surface area contributed by atoms with Crippen LogP contribution in [0, 0.1) is 0 Å². The second kappa shape index (κ2) is 5.82. The molecule has 1 aromatic rings. The van der Waals surface area contributed by atoms with Crippen LogP contribution in [0.3, 0.4) is 0 Å². The van der Waals surface area contributed by atoms with E-state index in [1.165, 1.54) is 6.08 Å². The Labute approximate surface area is 105 Å². The van der Waals surface area contributed by atoms with E-state index in [2.05, 4.69) is 0 Å². The Morgan fingerprint density at radius 3 is 2.72 bits per heavy atom. The molecule has 92 valence electrons. The maximum Gasteiger partial charge on any atom is 0.337 e. The van der Waals surface area contributed by atoms with Crippen LogP contribution in [0.1, 0.15) is 12.0 Å². The molecule has 18 heavy (non-hydrogen) atoms. The predicted octanol–water partition coefficient (Wildman–Crippen LogP) is 2.07. The Balaban J connectivity index is 1.89. The van der Waals surface area contributed by atoms with E-state index < -0.39 is 11.9 Å². The third-order valence-corrected chi connectivity index (χ3v) is 2.40. The molecule has 4 heteroatoms. The van der Waals surface area contributed by atoms with Crippen LogP contribution in [0.25, 0.3) is 6.08 Å². The lowest BCUT2D eigenvalue weighted by atomic mass is 10.2. The zero-order valence-corrected chi connectivity index (χ0v) is 9.67. The van der Waals surface area contributed by atoms with Crippen LogP contribution < -0.4 is 0 Å². The molecule has 1 heterocycles. The number of hydrogen-bond donors (Lipinski definition) is 0. The fourth-order valence-corrected chi connectivity index (χ4v) is 1.45. The van der Waals surface area contributed by atoms with Gasteiger partial charge in [0.2, 0.25) is 0 Å². The molecule has 0 spiro atoms. The lowest BCUT2D eigenvalue weighted by Gasteiger charge is -1.95. The number of ether oxygens (including phenoxy) is 2. The van der Waals surface area contributed by atoms with Crippen molar-refractivity contribution in [1.82, 2.24) is 0 Å². The molecule has 0 atom stereocenters. The van der Waals surface area contributed by atoms with Gasteiger partial charge in [0, 0.05) is 12.5 Å². The number of benzene rings is 1. The van der Waals surface area contributed by atoms with Gasteiger partial charge in [-0.05, 0) is 11.6 Å². The Hall–Kier alpha value is -2.36.